The molecule has 0 atom stereocenters. The second-order valence-electron chi connectivity index (χ2n) is 5.38. The fourth-order valence-corrected chi connectivity index (χ4v) is 3.97. The summed E-state index contributed by atoms with van der Waals surface area (Å²) >= 11 is 0. The summed E-state index contributed by atoms with van der Waals surface area (Å²) in [5, 5.41) is 0. The van der Waals surface area contributed by atoms with Crippen molar-refractivity contribution in [3.8, 4) is 0 Å². The summed E-state index contributed by atoms with van der Waals surface area (Å²) in [5.74, 6) is 0. The average Bonchev–Trinajstić information content (AvgIpc) is 2.47. The number of alkyl halides is 3. The summed E-state index contributed by atoms with van der Waals surface area (Å²) in [7, 11) is -2.41. The van der Waals surface area contributed by atoms with E-state index in [1.807, 2.05) is 0 Å². The zero-order chi connectivity index (χ0) is 16.4. The van der Waals surface area contributed by atoms with Gasteiger partial charge in [-0.15, -0.1) is 0 Å². The molecular formula is C14H19F3N2O2S. The molecule has 1 aliphatic heterocycles. The maximum absolute atomic E-state index is 13.0. The number of benzene rings is 1. The summed E-state index contributed by atoms with van der Waals surface area (Å²) in [6.45, 7) is 0.551. The van der Waals surface area contributed by atoms with Gasteiger partial charge in [-0.05, 0) is 24.5 Å². The molecule has 1 saturated heterocycles. The molecule has 0 aliphatic carbocycles. The van der Waals surface area contributed by atoms with Crippen LogP contribution in [0, 0.1) is 0 Å². The van der Waals surface area contributed by atoms with Crippen molar-refractivity contribution in [3.63, 3.8) is 0 Å². The minimum Gasteiger partial charge on any atom is -0.195 e. The highest BCUT2D eigenvalue weighted by molar-refractivity contribution is 7.86. The number of piperidine rings is 1. The van der Waals surface area contributed by atoms with E-state index in [1.165, 1.54) is 29.6 Å². The van der Waals surface area contributed by atoms with E-state index in [1.54, 1.807) is 0 Å². The number of hydrogen-bond acceptors (Lipinski definition) is 2. The second kappa shape index (κ2) is 6.55. The van der Waals surface area contributed by atoms with Crippen LogP contribution in [0.25, 0.3) is 0 Å². The Kier molecular flexibility index (Phi) is 5.14. The van der Waals surface area contributed by atoms with Crippen molar-refractivity contribution in [2.75, 3.05) is 20.1 Å². The van der Waals surface area contributed by atoms with E-state index < -0.39 is 21.9 Å². The van der Waals surface area contributed by atoms with Crippen LogP contribution in [0.5, 0.6) is 0 Å². The molecule has 124 valence electrons. The molecule has 0 spiro atoms. The summed E-state index contributed by atoms with van der Waals surface area (Å²) in [5.41, 5.74) is -0.839. The molecule has 1 aromatic rings. The largest absolute Gasteiger partial charge is 0.416 e. The number of halogens is 3. The Hall–Kier alpha value is -1.12. The van der Waals surface area contributed by atoms with Crippen LogP contribution in [0.2, 0.25) is 0 Å². The number of nitrogens with zero attached hydrogens (tertiary/aromatic N) is 2. The lowest BCUT2D eigenvalue weighted by molar-refractivity contribution is -0.138. The molecule has 1 fully saturated rings. The predicted molar refractivity (Wildman–Crippen MR) is 77.3 cm³/mol. The quantitative estimate of drug-likeness (QED) is 0.848. The molecule has 0 saturated carbocycles. The lowest BCUT2D eigenvalue weighted by Gasteiger charge is -2.30. The summed E-state index contributed by atoms with van der Waals surface area (Å²) in [4.78, 5) is 0. The fraction of sp³-hybridized carbons (Fsp3) is 0.571. The minimum absolute atomic E-state index is 0.0434. The molecule has 0 aromatic heterocycles. The van der Waals surface area contributed by atoms with E-state index in [-0.39, 0.29) is 12.1 Å². The zero-order valence-electron chi connectivity index (χ0n) is 12.3. The van der Waals surface area contributed by atoms with Gasteiger partial charge in [0.1, 0.15) is 0 Å². The normalized spacial score (nSPS) is 17.9. The molecule has 8 heteroatoms. The van der Waals surface area contributed by atoms with Gasteiger partial charge in [-0.1, -0.05) is 24.6 Å². The predicted octanol–water partition coefficient (Wildman–Crippen LogP) is 2.87. The molecule has 0 unspecified atom stereocenters. The summed E-state index contributed by atoms with van der Waals surface area (Å²) in [6, 6.07) is 5.05. The lowest BCUT2D eigenvalue weighted by Crippen LogP contribution is -2.44. The Balaban J connectivity index is 2.20. The minimum atomic E-state index is -4.49. The van der Waals surface area contributed by atoms with E-state index in [0.29, 0.717) is 13.1 Å². The maximum Gasteiger partial charge on any atom is 0.416 e. The third kappa shape index (κ3) is 3.80. The van der Waals surface area contributed by atoms with Gasteiger partial charge in [0.05, 0.1) is 5.56 Å². The van der Waals surface area contributed by atoms with E-state index in [9.17, 15) is 21.6 Å². The fourth-order valence-electron chi connectivity index (χ4n) is 2.55. The van der Waals surface area contributed by atoms with Gasteiger partial charge in [0.15, 0.2) is 0 Å². The third-order valence-corrected chi connectivity index (χ3v) is 5.69. The van der Waals surface area contributed by atoms with Gasteiger partial charge in [0, 0.05) is 26.7 Å². The van der Waals surface area contributed by atoms with Gasteiger partial charge in [0.2, 0.25) is 0 Å². The topological polar surface area (TPSA) is 40.6 Å². The molecule has 0 N–H and O–H groups in total. The zero-order valence-corrected chi connectivity index (χ0v) is 13.1. The second-order valence-corrected chi connectivity index (χ2v) is 7.41. The molecular weight excluding hydrogens is 317 g/mol. The molecule has 0 radical (unpaired) electrons. The van der Waals surface area contributed by atoms with Crippen molar-refractivity contribution < 1.29 is 21.6 Å². The van der Waals surface area contributed by atoms with E-state index >= 15 is 0 Å². The van der Waals surface area contributed by atoms with Crippen LogP contribution >= 0.6 is 0 Å². The van der Waals surface area contributed by atoms with Gasteiger partial charge in [0.25, 0.3) is 10.2 Å². The molecule has 1 aromatic carbocycles. The van der Waals surface area contributed by atoms with Crippen LogP contribution in [0.15, 0.2) is 24.3 Å². The van der Waals surface area contributed by atoms with Crippen LogP contribution in [-0.2, 0) is 22.9 Å². The lowest BCUT2D eigenvalue weighted by atomic mass is 10.1. The molecule has 0 amide bonds. The van der Waals surface area contributed by atoms with Gasteiger partial charge in [-0.25, -0.2) is 0 Å². The number of hydrogen-bond donors (Lipinski definition) is 0. The van der Waals surface area contributed by atoms with Crippen molar-refractivity contribution in [2.24, 2.45) is 0 Å². The van der Waals surface area contributed by atoms with E-state index in [4.69, 9.17) is 0 Å². The Labute approximate surface area is 128 Å². The number of rotatable bonds is 4. The Morgan fingerprint density at radius 1 is 1.14 bits per heavy atom. The SMILES string of the molecule is CN(Cc1ccccc1C(F)(F)F)S(=O)(=O)N1CCCCC1. The van der Waals surface area contributed by atoms with Crippen LogP contribution in [0.3, 0.4) is 0 Å². The van der Waals surface area contributed by atoms with Crippen LogP contribution < -0.4 is 0 Å². The highest BCUT2D eigenvalue weighted by Crippen LogP contribution is 2.32. The van der Waals surface area contributed by atoms with Gasteiger partial charge in [-0.3, -0.25) is 0 Å². The standard InChI is InChI=1S/C14H19F3N2O2S/c1-18(22(20,21)19-9-5-2-6-10-19)11-12-7-3-4-8-13(12)14(15,16)17/h3-4,7-8H,2,5-6,9-11H2,1H3. The summed E-state index contributed by atoms with van der Waals surface area (Å²) in [6.07, 6.45) is -1.95. The highest BCUT2D eigenvalue weighted by atomic mass is 32.2. The average molecular weight is 336 g/mol. The maximum atomic E-state index is 13.0. The van der Waals surface area contributed by atoms with E-state index in [2.05, 4.69) is 0 Å². The first-order valence-corrected chi connectivity index (χ1v) is 8.49. The molecule has 4 nitrogen and oxygen atoms in total. The van der Waals surface area contributed by atoms with Crippen molar-refractivity contribution in [1.82, 2.24) is 8.61 Å². The highest BCUT2D eigenvalue weighted by Gasteiger charge is 2.35. The van der Waals surface area contributed by atoms with Crippen molar-refractivity contribution >= 4 is 10.2 Å². The van der Waals surface area contributed by atoms with Gasteiger partial charge >= 0.3 is 6.18 Å². The molecule has 22 heavy (non-hydrogen) atoms. The first-order chi connectivity index (χ1) is 10.2. The third-order valence-electron chi connectivity index (χ3n) is 3.75. The Morgan fingerprint density at radius 2 is 1.73 bits per heavy atom. The molecule has 1 aliphatic rings. The molecule has 1 heterocycles. The van der Waals surface area contributed by atoms with Crippen molar-refractivity contribution in [2.45, 2.75) is 32.0 Å². The van der Waals surface area contributed by atoms with Crippen LogP contribution in [-0.4, -0.2) is 37.2 Å². The van der Waals surface area contributed by atoms with Gasteiger partial charge < -0.3 is 0 Å². The Morgan fingerprint density at radius 3 is 2.32 bits per heavy atom. The Bertz CT molecular complexity index is 611. The first kappa shape index (κ1) is 17.2. The molecule has 2 rings (SSSR count). The van der Waals surface area contributed by atoms with Crippen LogP contribution in [0.1, 0.15) is 30.4 Å². The van der Waals surface area contributed by atoms with Crippen molar-refractivity contribution in [1.29, 1.82) is 0 Å². The molecule has 0 bridgehead atoms. The smallest absolute Gasteiger partial charge is 0.195 e. The van der Waals surface area contributed by atoms with Crippen molar-refractivity contribution in [3.05, 3.63) is 35.4 Å². The monoisotopic (exact) mass is 336 g/mol. The first-order valence-electron chi connectivity index (χ1n) is 7.09. The van der Waals surface area contributed by atoms with Crippen LogP contribution in [0.4, 0.5) is 13.2 Å². The van der Waals surface area contributed by atoms with Gasteiger partial charge in [-0.2, -0.15) is 30.2 Å². The van der Waals surface area contributed by atoms with E-state index in [0.717, 1.165) is 29.6 Å². The summed E-state index contributed by atoms with van der Waals surface area (Å²) < 4.78 is 66.1.